The van der Waals surface area contributed by atoms with Crippen LogP contribution in [-0.2, 0) is 6.54 Å². The first-order valence-electron chi connectivity index (χ1n) is 5.29. The summed E-state index contributed by atoms with van der Waals surface area (Å²) in [5.41, 5.74) is 2.28. The predicted molar refractivity (Wildman–Crippen MR) is 64.9 cm³/mol. The molecule has 1 aliphatic heterocycles. The number of benzene rings is 1. The lowest BCUT2D eigenvalue weighted by Gasteiger charge is -2.28. The summed E-state index contributed by atoms with van der Waals surface area (Å²) in [6.07, 6.45) is 1.15. The molecule has 0 radical (unpaired) electrons. The number of aliphatic imine (C=N–C) groups is 1. The van der Waals surface area contributed by atoms with Gasteiger partial charge in [-0.3, -0.25) is 0 Å². The predicted octanol–water partition coefficient (Wildman–Crippen LogP) is 3.62. The minimum atomic E-state index is 0.759. The molecule has 0 unspecified atom stereocenters. The monoisotopic (exact) mass is 222 g/mol. The standard InChI is InChI=1S/C12H15ClN2/c1-3-6-15-8-10-4-5-11(13)7-12(10)14-9(15)2/h4-5,7H,3,6,8H2,1-2H3. The van der Waals surface area contributed by atoms with Crippen molar-refractivity contribution in [2.24, 2.45) is 4.99 Å². The second kappa shape index (κ2) is 4.23. The third-order valence-corrected chi connectivity index (χ3v) is 2.88. The first-order chi connectivity index (χ1) is 7.20. The fourth-order valence-electron chi connectivity index (χ4n) is 1.85. The average Bonchev–Trinajstić information content (AvgIpc) is 2.20. The van der Waals surface area contributed by atoms with Gasteiger partial charge in [-0.15, -0.1) is 0 Å². The maximum atomic E-state index is 5.94. The molecule has 80 valence electrons. The van der Waals surface area contributed by atoms with Crippen LogP contribution in [0, 0.1) is 0 Å². The minimum Gasteiger partial charge on any atom is -0.356 e. The highest BCUT2D eigenvalue weighted by Gasteiger charge is 2.15. The summed E-state index contributed by atoms with van der Waals surface area (Å²) in [6.45, 7) is 6.26. The Kier molecular flexibility index (Phi) is 2.96. The van der Waals surface area contributed by atoms with E-state index in [1.165, 1.54) is 5.56 Å². The Bertz CT molecular complexity index is 399. The van der Waals surface area contributed by atoms with Gasteiger partial charge in [0.15, 0.2) is 0 Å². The summed E-state index contributed by atoms with van der Waals surface area (Å²) < 4.78 is 0. The maximum Gasteiger partial charge on any atom is 0.102 e. The zero-order chi connectivity index (χ0) is 10.8. The SMILES string of the molecule is CCCN1Cc2ccc(Cl)cc2N=C1C. The number of fused-ring (bicyclic) bond motifs is 1. The molecule has 15 heavy (non-hydrogen) atoms. The van der Waals surface area contributed by atoms with E-state index in [2.05, 4.69) is 29.8 Å². The number of amidine groups is 1. The van der Waals surface area contributed by atoms with Crippen LogP contribution in [0.1, 0.15) is 25.8 Å². The van der Waals surface area contributed by atoms with Gasteiger partial charge in [-0.25, -0.2) is 4.99 Å². The molecular weight excluding hydrogens is 208 g/mol. The van der Waals surface area contributed by atoms with E-state index < -0.39 is 0 Å². The smallest absolute Gasteiger partial charge is 0.102 e. The van der Waals surface area contributed by atoms with Gasteiger partial charge < -0.3 is 4.90 Å². The van der Waals surface area contributed by atoms with Gasteiger partial charge in [0.25, 0.3) is 0 Å². The molecule has 0 aromatic heterocycles. The van der Waals surface area contributed by atoms with Crippen molar-refractivity contribution in [3.63, 3.8) is 0 Å². The first kappa shape index (κ1) is 10.5. The van der Waals surface area contributed by atoms with Gasteiger partial charge in [-0.05, 0) is 31.0 Å². The van der Waals surface area contributed by atoms with Gasteiger partial charge in [0.2, 0.25) is 0 Å². The second-order valence-corrected chi connectivity index (χ2v) is 4.29. The fraction of sp³-hybridized carbons (Fsp3) is 0.417. The van der Waals surface area contributed by atoms with Crippen LogP contribution in [0.5, 0.6) is 0 Å². The van der Waals surface area contributed by atoms with Gasteiger partial charge in [-0.1, -0.05) is 24.6 Å². The second-order valence-electron chi connectivity index (χ2n) is 3.85. The number of nitrogens with zero attached hydrogens (tertiary/aromatic N) is 2. The van der Waals surface area contributed by atoms with Crippen molar-refractivity contribution >= 4 is 23.1 Å². The van der Waals surface area contributed by atoms with Crippen LogP contribution in [0.4, 0.5) is 5.69 Å². The van der Waals surface area contributed by atoms with Gasteiger partial charge in [0, 0.05) is 18.1 Å². The highest BCUT2D eigenvalue weighted by atomic mass is 35.5. The number of halogens is 1. The third kappa shape index (κ3) is 2.15. The largest absolute Gasteiger partial charge is 0.356 e. The molecule has 0 spiro atoms. The molecule has 1 heterocycles. The summed E-state index contributed by atoms with van der Waals surface area (Å²) >= 11 is 5.94. The van der Waals surface area contributed by atoms with Crippen LogP contribution < -0.4 is 0 Å². The lowest BCUT2D eigenvalue weighted by molar-refractivity contribution is 0.404. The lowest BCUT2D eigenvalue weighted by Crippen LogP contribution is -2.31. The Hall–Kier alpha value is -1.02. The Morgan fingerprint density at radius 1 is 1.47 bits per heavy atom. The topological polar surface area (TPSA) is 15.6 Å². The molecule has 0 fully saturated rings. The third-order valence-electron chi connectivity index (χ3n) is 2.64. The summed E-state index contributed by atoms with van der Waals surface area (Å²) in [5, 5.41) is 0.759. The molecule has 0 atom stereocenters. The van der Waals surface area contributed by atoms with E-state index in [4.69, 9.17) is 11.6 Å². The molecule has 2 rings (SSSR count). The van der Waals surface area contributed by atoms with E-state index in [9.17, 15) is 0 Å². The van der Waals surface area contributed by atoms with E-state index in [0.29, 0.717) is 0 Å². The molecule has 0 saturated heterocycles. The zero-order valence-electron chi connectivity index (χ0n) is 9.13. The summed E-state index contributed by atoms with van der Waals surface area (Å²) in [7, 11) is 0. The van der Waals surface area contributed by atoms with Crippen molar-refractivity contribution in [1.29, 1.82) is 0 Å². The maximum absolute atomic E-state index is 5.94. The molecular formula is C12H15ClN2. The molecule has 0 N–H and O–H groups in total. The quantitative estimate of drug-likeness (QED) is 0.747. The molecule has 0 bridgehead atoms. The van der Waals surface area contributed by atoms with Crippen LogP contribution >= 0.6 is 11.6 Å². The summed E-state index contributed by atoms with van der Waals surface area (Å²) in [5.74, 6) is 1.09. The Morgan fingerprint density at radius 3 is 3.00 bits per heavy atom. The van der Waals surface area contributed by atoms with Crippen LogP contribution in [0.2, 0.25) is 5.02 Å². The Balaban J connectivity index is 2.32. The minimum absolute atomic E-state index is 0.759. The van der Waals surface area contributed by atoms with Gasteiger partial charge in [0.05, 0.1) is 5.69 Å². The molecule has 0 amide bonds. The number of hydrogen-bond acceptors (Lipinski definition) is 2. The Labute approximate surface area is 95.6 Å². The highest BCUT2D eigenvalue weighted by Crippen LogP contribution is 2.28. The fourth-order valence-corrected chi connectivity index (χ4v) is 2.02. The van der Waals surface area contributed by atoms with Crippen molar-refractivity contribution in [2.45, 2.75) is 26.8 Å². The average molecular weight is 223 g/mol. The first-order valence-corrected chi connectivity index (χ1v) is 5.67. The normalized spacial score (nSPS) is 14.9. The molecule has 1 aromatic rings. The van der Waals surface area contributed by atoms with Crippen LogP contribution in [-0.4, -0.2) is 17.3 Å². The van der Waals surface area contributed by atoms with Crippen molar-refractivity contribution in [1.82, 2.24) is 4.90 Å². The van der Waals surface area contributed by atoms with Crippen LogP contribution in [0.15, 0.2) is 23.2 Å². The molecule has 1 aromatic carbocycles. The van der Waals surface area contributed by atoms with Gasteiger partial charge >= 0.3 is 0 Å². The molecule has 2 nitrogen and oxygen atoms in total. The van der Waals surface area contributed by atoms with Crippen LogP contribution in [0.25, 0.3) is 0 Å². The van der Waals surface area contributed by atoms with Crippen molar-refractivity contribution in [3.8, 4) is 0 Å². The van der Waals surface area contributed by atoms with Crippen molar-refractivity contribution in [2.75, 3.05) is 6.54 Å². The zero-order valence-corrected chi connectivity index (χ0v) is 9.88. The molecule has 1 aliphatic rings. The summed E-state index contributed by atoms with van der Waals surface area (Å²) in [6, 6.07) is 5.93. The lowest BCUT2D eigenvalue weighted by atomic mass is 10.1. The van der Waals surface area contributed by atoms with E-state index >= 15 is 0 Å². The van der Waals surface area contributed by atoms with Crippen molar-refractivity contribution in [3.05, 3.63) is 28.8 Å². The van der Waals surface area contributed by atoms with Gasteiger partial charge in [-0.2, -0.15) is 0 Å². The van der Waals surface area contributed by atoms with E-state index in [1.807, 2.05) is 12.1 Å². The molecule has 0 saturated carbocycles. The van der Waals surface area contributed by atoms with E-state index in [1.54, 1.807) is 0 Å². The van der Waals surface area contributed by atoms with E-state index in [-0.39, 0.29) is 0 Å². The Morgan fingerprint density at radius 2 is 2.27 bits per heavy atom. The highest BCUT2D eigenvalue weighted by molar-refractivity contribution is 6.30. The summed E-state index contributed by atoms with van der Waals surface area (Å²) in [4.78, 5) is 6.87. The van der Waals surface area contributed by atoms with Crippen molar-refractivity contribution < 1.29 is 0 Å². The van der Waals surface area contributed by atoms with Gasteiger partial charge in [0.1, 0.15) is 5.84 Å². The molecule has 3 heteroatoms. The van der Waals surface area contributed by atoms with Crippen LogP contribution in [0.3, 0.4) is 0 Å². The van der Waals surface area contributed by atoms with E-state index in [0.717, 1.165) is 36.1 Å². The number of rotatable bonds is 2. The number of hydrogen-bond donors (Lipinski definition) is 0. The molecule has 0 aliphatic carbocycles.